The Morgan fingerprint density at radius 3 is 2.11 bits per heavy atom. The summed E-state index contributed by atoms with van der Waals surface area (Å²) < 4.78 is 15.2. The fraction of sp³-hybridized carbons (Fsp3) is 1.00. The standard InChI is InChI=1S/C4H9ClO2PS/c1-4(2,3)7-9-8(5)6/h1-3H3/q+1. The molecule has 0 heterocycles. The number of rotatable bonds is 2. The van der Waals surface area contributed by atoms with Crippen LogP contribution in [0.15, 0.2) is 0 Å². The lowest BCUT2D eigenvalue weighted by Gasteiger charge is -2.11. The van der Waals surface area contributed by atoms with Crippen molar-refractivity contribution in [2.75, 3.05) is 0 Å². The monoisotopic (exact) mass is 187 g/mol. The van der Waals surface area contributed by atoms with Crippen molar-refractivity contribution in [3.63, 3.8) is 0 Å². The molecule has 0 saturated carbocycles. The Morgan fingerprint density at radius 2 is 2.00 bits per heavy atom. The van der Waals surface area contributed by atoms with Gasteiger partial charge in [-0.2, -0.15) is 0 Å². The summed E-state index contributed by atoms with van der Waals surface area (Å²) in [7, 11) is 0. The summed E-state index contributed by atoms with van der Waals surface area (Å²) in [6.45, 7) is 5.61. The van der Waals surface area contributed by atoms with Gasteiger partial charge in [0.15, 0.2) is 0 Å². The van der Waals surface area contributed by atoms with Crippen molar-refractivity contribution < 1.29 is 8.75 Å². The van der Waals surface area contributed by atoms with Crippen molar-refractivity contribution in [1.82, 2.24) is 0 Å². The highest BCUT2D eigenvalue weighted by Gasteiger charge is 2.22. The van der Waals surface area contributed by atoms with Crippen LogP contribution >= 0.6 is 29.3 Å². The van der Waals surface area contributed by atoms with E-state index in [1.807, 2.05) is 20.8 Å². The first kappa shape index (κ1) is 9.70. The molecule has 0 aliphatic rings. The molecule has 0 aliphatic heterocycles. The average Bonchev–Trinajstić information content (AvgIpc) is 1.59. The molecule has 1 unspecified atom stereocenters. The topological polar surface area (TPSA) is 26.3 Å². The molecule has 0 saturated heterocycles. The van der Waals surface area contributed by atoms with E-state index in [9.17, 15) is 4.57 Å². The van der Waals surface area contributed by atoms with Gasteiger partial charge in [-0.3, -0.25) is 4.18 Å². The summed E-state index contributed by atoms with van der Waals surface area (Å²) in [4.78, 5) is 0. The molecule has 0 aromatic heterocycles. The van der Waals surface area contributed by atoms with Gasteiger partial charge in [-0.15, -0.1) is 0 Å². The Labute approximate surface area is 64.8 Å². The van der Waals surface area contributed by atoms with Crippen LogP contribution in [0.1, 0.15) is 20.8 Å². The van der Waals surface area contributed by atoms with E-state index in [-0.39, 0.29) is 5.60 Å². The van der Waals surface area contributed by atoms with E-state index in [1.54, 1.807) is 0 Å². The molecular weight excluding hydrogens is 179 g/mol. The third kappa shape index (κ3) is 8.70. The van der Waals surface area contributed by atoms with Gasteiger partial charge in [-0.25, -0.2) is 0 Å². The van der Waals surface area contributed by atoms with Crippen molar-refractivity contribution in [2.45, 2.75) is 26.4 Å². The van der Waals surface area contributed by atoms with Crippen LogP contribution in [-0.4, -0.2) is 5.60 Å². The lowest BCUT2D eigenvalue weighted by molar-refractivity contribution is 0.168. The van der Waals surface area contributed by atoms with Crippen molar-refractivity contribution in [2.24, 2.45) is 0 Å². The molecule has 0 radical (unpaired) electrons. The van der Waals surface area contributed by atoms with E-state index < -0.39 is 6.36 Å². The third-order valence-corrected chi connectivity index (χ3v) is 2.12. The molecule has 9 heavy (non-hydrogen) atoms. The molecule has 0 aliphatic carbocycles. The van der Waals surface area contributed by atoms with Crippen LogP contribution in [0.2, 0.25) is 0 Å². The molecule has 1 atom stereocenters. The van der Waals surface area contributed by atoms with E-state index in [0.717, 1.165) is 11.7 Å². The van der Waals surface area contributed by atoms with Crippen LogP contribution in [0.5, 0.6) is 0 Å². The van der Waals surface area contributed by atoms with E-state index in [0.29, 0.717) is 0 Å². The maximum atomic E-state index is 10.2. The third-order valence-electron chi connectivity index (χ3n) is 0.346. The Kier molecular flexibility index (Phi) is 4.06. The first-order valence-electron chi connectivity index (χ1n) is 2.40. The van der Waals surface area contributed by atoms with Crippen LogP contribution < -0.4 is 0 Å². The van der Waals surface area contributed by atoms with Gasteiger partial charge < -0.3 is 0 Å². The summed E-state index contributed by atoms with van der Waals surface area (Å²) in [5, 5.41) is 0. The van der Waals surface area contributed by atoms with Gasteiger partial charge >= 0.3 is 18.0 Å². The molecule has 0 fully saturated rings. The van der Waals surface area contributed by atoms with Gasteiger partial charge in [-0.1, -0.05) is 0 Å². The van der Waals surface area contributed by atoms with Gasteiger partial charge in [0, 0.05) is 0 Å². The van der Waals surface area contributed by atoms with Crippen molar-refractivity contribution in [3.05, 3.63) is 0 Å². The molecule has 0 aromatic rings. The van der Waals surface area contributed by atoms with Gasteiger partial charge in [-0.05, 0) is 25.3 Å². The predicted octanol–water partition coefficient (Wildman–Crippen LogP) is 3.35. The van der Waals surface area contributed by atoms with Crippen LogP contribution in [0, 0.1) is 0 Å². The zero-order valence-electron chi connectivity index (χ0n) is 5.55. The quantitative estimate of drug-likeness (QED) is 0.490. The number of hydrogen-bond acceptors (Lipinski definition) is 3. The van der Waals surface area contributed by atoms with Gasteiger partial charge in [0.05, 0.1) is 5.60 Å². The highest BCUT2D eigenvalue weighted by molar-refractivity contribution is 8.56. The number of hydrogen-bond donors (Lipinski definition) is 0. The number of halogens is 1. The lowest BCUT2D eigenvalue weighted by Crippen LogP contribution is -2.13. The molecular formula is C4H9ClO2PS+. The van der Waals surface area contributed by atoms with Crippen LogP contribution in [-0.2, 0) is 8.75 Å². The Bertz CT molecular complexity index is 112. The SMILES string of the molecule is CC(C)(C)OS[P+](=O)Cl. The van der Waals surface area contributed by atoms with Gasteiger partial charge in [0.1, 0.15) is 0 Å². The minimum atomic E-state index is -1.75. The normalized spacial score (nSPS) is 13.6. The second-order valence-corrected chi connectivity index (χ2v) is 6.19. The Hall–Kier alpha value is 0.700. The maximum absolute atomic E-state index is 10.2. The minimum Gasteiger partial charge on any atom is -0.267 e. The molecule has 5 heteroatoms. The van der Waals surface area contributed by atoms with Crippen LogP contribution in [0.4, 0.5) is 0 Å². The van der Waals surface area contributed by atoms with E-state index in [4.69, 9.17) is 15.4 Å². The first-order valence-corrected chi connectivity index (χ1v) is 5.92. The van der Waals surface area contributed by atoms with Crippen molar-refractivity contribution >= 4 is 29.3 Å². The summed E-state index contributed by atoms with van der Waals surface area (Å²) >= 11 is 5.94. The largest absolute Gasteiger partial charge is 0.559 e. The molecule has 54 valence electrons. The molecule has 0 amide bonds. The van der Waals surface area contributed by atoms with Crippen molar-refractivity contribution in [3.8, 4) is 0 Å². The molecule has 0 rings (SSSR count). The maximum Gasteiger partial charge on any atom is 0.559 e. The Balaban J connectivity index is 3.39. The zero-order chi connectivity index (χ0) is 7.49. The summed E-state index contributed by atoms with van der Waals surface area (Å²) in [6, 6.07) is 0. The molecule has 0 spiro atoms. The molecule has 0 N–H and O–H groups in total. The zero-order valence-corrected chi connectivity index (χ0v) is 8.02. The highest BCUT2D eigenvalue weighted by atomic mass is 35.7. The molecule has 0 aromatic carbocycles. The fourth-order valence-corrected chi connectivity index (χ4v) is 1.52. The lowest BCUT2D eigenvalue weighted by atomic mass is 10.2. The van der Waals surface area contributed by atoms with E-state index >= 15 is 0 Å². The van der Waals surface area contributed by atoms with Gasteiger partial charge in [0.25, 0.3) is 0 Å². The molecule has 0 bridgehead atoms. The van der Waals surface area contributed by atoms with E-state index in [1.165, 1.54) is 0 Å². The Morgan fingerprint density at radius 1 is 1.56 bits per heavy atom. The predicted molar refractivity (Wildman–Crippen MR) is 41.9 cm³/mol. The summed E-state index contributed by atoms with van der Waals surface area (Å²) in [5.41, 5.74) is -0.273. The average molecular weight is 188 g/mol. The molecule has 2 nitrogen and oxygen atoms in total. The van der Waals surface area contributed by atoms with Crippen molar-refractivity contribution in [1.29, 1.82) is 0 Å². The second-order valence-electron chi connectivity index (χ2n) is 2.48. The summed E-state index contributed by atoms with van der Waals surface area (Å²) in [6.07, 6.45) is -1.75. The highest BCUT2D eigenvalue weighted by Crippen LogP contribution is 2.45. The second kappa shape index (κ2) is 3.77. The van der Waals surface area contributed by atoms with E-state index in [2.05, 4.69) is 0 Å². The smallest absolute Gasteiger partial charge is 0.267 e. The summed E-state index contributed by atoms with van der Waals surface area (Å²) in [5.74, 6) is 0. The van der Waals surface area contributed by atoms with Gasteiger partial charge in [0.2, 0.25) is 11.2 Å². The van der Waals surface area contributed by atoms with Crippen LogP contribution in [0.3, 0.4) is 0 Å². The minimum absolute atomic E-state index is 0.273. The fourth-order valence-electron chi connectivity index (χ4n) is 0.141. The first-order chi connectivity index (χ1) is 3.92. The van der Waals surface area contributed by atoms with Crippen LogP contribution in [0.25, 0.3) is 0 Å².